The van der Waals surface area contributed by atoms with Crippen LogP contribution in [-0.2, 0) is 5.41 Å². The molecule has 0 aromatic heterocycles. The van der Waals surface area contributed by atoms with Crippen molar-refractivity contribution in [1.29, 1.82) is 0 Å². The molecule has 0 atom stereocenters. The molecule has 0 nitrogen and oxygen atoms in total. The van der Waals surface area contributed by atoms with Crippen LogP contribution in [0.15, 0.2) is 30.3 Å². The van der Waals surface area contributed by atoms with E-state index >= 15 is 0 Å². The molecule has 1 aliphatic carbocycles. The highest BCUT2D eigenvalue weighted by molar-refractivity contribution is 7.80. The zero-order valence-electron chi connectivity index (χ0n) is 8.74. The second kappa shape index (κ2) is 3.98. The van der Waals surface area contributed by atoms with Gasteiger partial charge in [-0.15, -0.1) is 0 Å². The molecule has 1 aromatic rings. The molecule has 14 heavy (non-hydrogen) atoms. The summed E-state index contributed by atoms with van der Waals surface area (Å²) >= 11 is 4.55. The number of hydrogen-bond acceptors (Lipinski definition) is 1. The lowest BCUT2D eigenvalue weighted by Crippen LogP contribution is -2.28. The molecule has 0 spiro atoms. The summed E-state index contributed by atoms with van der Waals surface area (Å²) in [6.45, 7) is 2.39. The van der Waals surface area contributed by atoms with Crippen LogP contribution in [0.4, 0.5) is 0 Å². The fourth-order valence-electron chi connectivity index (χ4n) is 2.37. The highest BCUT2D eigenvalue weighted by Crippen LogP contribution is 2.40. The quantitative estimate of drug-likeness (QED) is 0.664. The molecule has 0 aliphatic heterocycles. The second-order valence-electron chi connectivity index (χ2n) is 4.66. The lowest BCUT2D eigenvalue weighted by molar-refractivity contribution is 0.326. The van der Waals surface area contributed by atoms with Gasteiger partial charge in [0.1, 0.15) is 0 Å². The van der Waals surface area contributed by atoms with Crippen LogP contribution < -0.4 is 0 Å². The fourth-order valence-corrected chi connectivity index (χ4v) is 2.63. The molecule has 1 saturated carbocycles. The third-order valence-electron chi connectivity index (χ3n) is 3.53. The molecular weight excluding hydrogens is 188 g/mol. The summed E-state index contributed by atoms with van der Waals surface area (Å²) in [5.74, 6) is 0. The Morgan fingerprint density at radius 3 is 2.29 bits per heavy atom. The second-order valence-corrected chi connectivity index (χ2v) is 5.39. The molecule has 0 N–H and O–H groups in total. The molecule has 2 rings (SSSR count). The summed E-state index contributed by atoms with van der Waals surface area (Å²) in [4.78, 5) is 0. The summed E-state index contributed by atoms with van der Waals surface area (Å²) in [6, 6.07) is 10.9. The Morgan fingerprint density at radius 2 is 1.71 bits per heavy atom. The smallest absolute Gasteiger partial charge is 0.00174 e. The Morgan fingerprint density at radius 1 is 1.14 bits per heavy atom. The lowest BCUT2D eigenvalue weighted by atomic mass is 9.71. The molecule has 0 unspecified atom stereocenters. The van der Waals surface area contributed by atoms with Gasteiger partial charge < -0.3 is 0 Å². The monoisotopic (exact) mass is 206 g/mol. The summed E-state index contributed by atoms with van der Waals surface area (Å²) < 4.78 is 0. The molecule has 1 heteroatoms. The van der Waals surface area contributed by atoms with Gasteiger partial charge in [-0.1, -0.05) is 37.3 Å². The molecule has 0 saturated heterocycles. The van der Waals surface area contributed by atoms with Gasteiger partial charge in [0.15, 0.2) is 0 Å². The van der Waals surface area contributed by atoms with Gasteiger partial charge in [-0.3, -0.25) is 0 Å². The Balaban J connectivity index is 2.17. The average Bonchev–Trinajstić information content (AvgIpc) is 2.24. The van der Waals surface area contributed by atoms with Crippen LogP contribution in [0, 0.1) is 0 Å². The van der Waals surface area contributed by atoms with Crippen LogP contribution in [0.5, 0.6) is 0 Å². The Hall–Kier alpha value is -0.430. The fraction of sp³-hybridized carbons (Fsp3) is 0.538. The van der Waals surface area contributed by atoms with E-state index in [4.69, 9.17) is 0 Å². The van der Waals surface area contributed by atoms with Gasteiger partial charge >= 0.3 is 0 Å². The molecule has 0 heterocycles. The minimum Gasteiger partial charge on any atom is -0.176 e. The first-order chi connectivity index (χ1) is 6.71. The predicted octanol–water partition coefficient (Wildman–Crippen LogP) is 3.82. The van der Waals surface area contributed by atoms with Crippen LogP contribution in [0.1, 0.15) is 38.2 Å². The Kier molecular flexibility index (Phi) is 2.87. The van der Waals surface area contributed by atoms with Gasteiger partial charge in [-0.25, -0.2) is 0 Å². The maximum atomic E-state index is 4.55. The third kappa shape index (κ3) is 1.98. The summed E-state index contributed by atoms with van der Waals surface area (Å²) in [5, 5.41) is 0.631. The number of thiol groups is 1. The minimum atomic E-state index is 0.403. The number of benzene rings is 1. The van der Waals surface area contributed by atoms with Crippen molar-refractivity contribution in [2.24, 2.45) is 0 Å². The number of rotatable bonds is 1. The van der Waals surface area contributed by atoms with Gasteiger partial charge in [0.2, 0.25) is 0 Å². The maximum absolute atomic E-state index is 4.55. The maximum Gasteiger partial charge on any atom is 0.00174 e. The molecule has 0 amide bonds. The molecule has 1 aromatic carbocycles. The zero-order valence-corrected chi connectivity index (χ0v) is 9.63. The molecule has 0 bridgehead atoms. The largest absolute Gasteiger partial charge is 0.176 e. The van der Waals surface area contributed by atoms with E-state index in [1.165, 1.54) is 31.2 Å². The molecule has 76 valence electrons. The van der Waals surface area contributed by atoms with E-state index < -0.39 is 0 Å². The van der Waals surface area contributed by atoms with Crippen molar-refractivity contribution < 1.29 is 0 Å². The normalized spacial score (nSPS) is 32.9. The SMILES string of the molecule is CC1(c2ccccc2)CCC(S)CC1. The molecule has 1 aliphatic rings. The van der Waals surface area contributed by atoms with Gasteiger partial charge in [-0.05, 0) is 36.7 Å². The van der Waals surface area contributed by atoms with E-state index in [-0.39, 0.29) is 0 Å². The Labute approximate surface area is 92.1 Å². The first-order valence-corrected chi connectivity index (χ1v) is 5.96. The van der Waals surface area contributed by atoms with Crippen LogP contribution >= 0.6 is 12.6 Å². The van der Waals surface area contributed by atoms with E-state index in [9.17, 15) is 0 Å². The topological polar surface area (TPSA) is 0 Å². The standard InChI is InChI=1S/C13H18S/c1-13(9-7-12(14)8-10-13)11-5-3-2-4-6-11/h2-6,12,14H,7-10H2,1H3. The first kappa shape index (κ1) is 10.1. The van der Waals surface area contributed by atoms with Crippen molar-refractivity contribution in [2.75, 3.05) is 0 Å². The Bertz CT molecular complexity index is 283. The van der Waals surface area contributed by atoms with Gasteiger partial charge in [0.05, 0.1) is 0 Å². The van der Waals surface area contributed by atoms with Crippen molar-refractivity contribution in [1.82, 2.24) is 0 Å². The zero-order chi connectivity index (χ0) is 10.0. The summed E-state index contributed by atoms with van der Waals surface area (Å²) in [7, 11) is 0. The lowest BCUT2D eigenvalue weighted by Gasteiger charge is -2.36. The molecule has 1 fully saturated rings. The van der Waals surface area contributed by atoms with Crippen molar-refractivity contribution >= 4 is 12.6 Å². The van der Waals surface area contributed by atoms with Crippen molar-refractivity contribution in [3.63, 3.8) is 0 Å². The van der Waals surface area contributed by atoms with Crippen molar-refractivity contribution in [3.8, 4) is 0 Å². The first-order valence-electron chi connectivity index (χ1n) is 5.44. The van der Waals surface area contributed by atoms with Crippen molar-refractivity contribution in [3.05, 3.63) is 35.9 Å². The van der Waals surface area contributed by atoms with E-state index in [0.717, 1.165) is 0 Å². The molecule has 0 radical (unpaired) electrons. The average molecular weight is 206 g/mol. The minimum absolute atomic E-state index is 0.403. The van der Waals surface area contributed by atoms with Crippen LogP contribution in [-0.4, -0.2) is 5.25 Å². The van der Waals surface area contributed by atoms with E-state index in [0.29, 0.717) is 10.7 Å². The van der Waals surface area contributed by atoms with E-state index in [1.54, 1.807) is 0 Å². The third-order valence-corrected chi connectivity index (χ3v) is 4.05. The van der Waals surface area contributed by atoms with Crippen LogP contribution in [0.2, 0.25) is 0 Å². The summed E-state index contributed by atoms with van der Waals surface area (Å²) in [6.07, 6.45) is 5.08. The predicted molar refractivity (Wildman–Crippen MR) is 65.0 cm³/mol. The van der Waals surface area contributed by atoms with E-state index in [1.807, 2.05) is 0 Å². The van der Waals surface area contributed by atoms with Gasteiger partial charge in [0.25, 0.3) is 0 Å². The van der Waals surface area contributed by atoms with Crippen LogP contribution in [0.3, 0.4) is 0 Å². The van der Waals surface area contributed by atoms with Gasteiger partial charge in [0, 0.05) is 5.25 Å². The molecular formula is C13H18S. The number of hydrogen-bond donors (Lipinski definition) is 1. The summed E-state index contributed by atoms with van der Waals surface area (Å²) in [5.41, 5.74) is 1.90. The highest BCUT2D eigenvalue weighted by atomic mass is 32.1. The van der Waals surface area contributed by atoms with E-state index in [2.05, 4.69) is 49.9 Å². The highest BCUT2D eigenvalue weighted by Gasteiger charge is 2.31. The van der Waals surface area contributed by atoms with Crippen molar-refractivity contribution in [2.45, 2.75) is 43.3 Å². The van der Waals surface area contributed by atoms with Crippen LogP contribution in [0.25, 0.3) is 0 Å². The van der Waals surface area contributed by atoms with Gasteiger partial charge in [-0.2, -0.15) is 12.6 Å².